The summed E-state index contributed by atoms with van der Waals surface area (Å²) in [4.78, 5) is 5.23. The third-order valence-corrected chi connectivity index (χ3v) is 20.5. The topological polar surface area (TPSA) is 6.48 Å². The van der Waals surface area contributed by atoms with Gasteiger partial charge in [0.2, 0.25) is 0 Å². The number of anilines is 6. The minimum absolute atomic E-state index is 0.114. The molecule has 0 aromatic heterocycles. The number of hydrogen-bond donors (Lipinski definition) is 0. The minimum Gasteiger partial charge on any atom is -0.310 e. The number of para-hydroxylation sites is 2. The molecule has 2 heterocycles. The summed E-state index contributed by atoms with van der Waals surface area (Å²) in [6.07, 6.45) is 0. The van der Waals surface area contributed by atoms with E-state index in [-0.39, 0.29) is 34.3 Å². The van der Waals surface area contributed by atoms with E-state index in [1.165, 1.54) is 66.5 Å². The molecular weight excluding hydrogens is 1170 g/mol. The lowest BCUT2D eigenvalue weighted by Crippen LogP contribution is -2.61. The Labute approximate surface area is 582 Å². The summed E-state index contributed by atoms with van der Waals surface area (Å²) in [7, 11) is 0. The van der Waals surface area contributed by atoms with Crippen molar-refractivity contribution in [1.29, 1.82) is 0 Å². The predicted octanol–water partition coefficient (Wildman–Crippen LogP) is 24.9. The molecule has 12 aromatic rings. The van der Waals surface area contributed by atoms with Crippen LogP contribution in [0.5, 0.6) is 0 Å². The van der Waals surface area contributed by atoms with Crippen LogP contribution in [0.15, 0.2) is 261 Å². The fourth-order valence-electron chi connectivity index (χ4n) is 14.8. The van der Waals surface area contributed by atoms with Crippen LogP contribution in [0.4, 0.5) is 34.1 Å². The molecule has 0 aliphatic carbocycles. The largest absolute Gasteiger partial charge is 0.310 e. The molecule has 3 heteroatoms. The third kappa shape index (κ3) is 12.1. The van der Waals surface area contributed by atoms with Gasteiger partial charge in [0.25, 0.3) is 6.71 Å². The second-order valence-corrected chi connectivity index (χ2v) is 32.1. The first-order valence-electron chi connectivity index (χ1n) is 36.1. The van der Waals surface area contributed by atoms with Crippen LogP contribution in [0.1, 0.15) is 159 Å². The summed E-state index contributed by atoms with van der Waals surface area (Å²) in [6.45, 7) is 37.0. The van der Waals surface area contributed by atoms with E-state index in [0.29, 0.717) is 18.0 Å². The fourth-order valence-corrected chi connectivity index (χ4v) is 14.8. The van der Waals surface area contributed by atoms with E-state index in [1.54, 1.807) is 0 Å². The van der Waals surface area contributed by atoms with Gasteiger partial charge in [-0.25, -0.2) is 0 Å². The number of benzene rings is 12. The van der Waals surface area contributed by atoms with Crippen molar-refractivity contribution in [3.05, 3.63) is 294 Å². The van der Waals surface area contributed by atoms with Gasteiger partial charge >= 0.3 is 0 Å². The molecule has 0 radical (unpaired) electrons. The van der Waals surface area contributed by atoms with Crippen LogP contribution in [-0.2, 0) is 21.7 Å². The molecule has 12 aromatic carbocycles. The van der Waals surface area contributed by atoms with Crippen LogP contribution in [0, 0.1) is 0 Å². The van der Waals surface area contributed by atoms with Crippen LogP contribution in [0.25, 0.3) is 77.9 Å². The number of nitrogens with zero attached hydrogens (tertiary/aromatic N) is 2. The van der Waals surface area contributed by atoms with Crippen molar-refractivity contribution in [3.63, 3.8) is 0 Å². The van der Waals surface area contributed by atoms with Gasteiger partial charge in [-0.05, 0) is 163 Å². The molecule has 97 heavy (non-hydrogen) atoms. The van der Waals surface area contributed by atoms with Crippen molar-refractivity contribution in [3.8, 4) is 77.9 Å². The van der Waals surface area contributed by atoms with Gasteiger partial charge in [-0.2, -0.15) is 0 Å². The van der Waals surface area contributed by atoms with Gasteiger partial charge in [0.15, 0.2) is 0 Å². The van der Waals surface area contributed by atoms with Gasteiger partial charge in [0.1, 0.15) is 0 Å². The SMILES string of the molecule is [2H]c1cc(-c2ccccc2)c(N2c3ccc(-c4cc(C(C)(C)C)cc(C(C)(C)C)c4)cc3B3c4cc(-c5cc(C(C)(C)C)cc(C(C)(C)C)c5)ccc4N(c4c(-c5ccccc5)cc([2H])cc4-c4ccccc4)c4cc(-c5ccc(C(C)C)cc5C(C)C)cc2c43)c(-c2ccccc2)c1. The summed E-state index contributed by atoms with van der Waals surface area (Å²) in [6, 6.07) is 94.0. The van der Waals surface area contributed by atoms with Gasteiger partial charge in [-0.3, -0.25) is 0 Å². The second kappa shape index (κ2) is 24.7. The first kappa shape index (κ1) is 62.1. The highest BCUT2D eigenvalue weighted by Gasteiger charge is 2.46. The van der Waals surface area contributed by atoms with E-state index in [1.807, 2.05) is 0 Å². The Morgan fingerprint density at radius 3 is 0.938 bits per heavy atom. The zero-order valence-electron chi connectivity index (χ0n) is 61.8. The lowest BCUT2D eigenvalue weighted by Gasteiger charge is -2.46. The van der Waals surface area contributed by atoms with Crippen LogP contribution in [0.3, 0.4) is 0 Å². The van der Waals surface area contributed by atoms with Crippen LogP contribution < -0.4 is 26.2 Å². The van der Waals surface area contributed by atoms with E-state index in [0.717, 1.165) is 95.3 Å². The molecule has 0 bridgehead atoms. The molecule has 2 aliphatic heterocycles. The summed E-state index contributed by atoms with van der Waals surface area (Å²) < 4.78 is 19.7. The van der Waals surface area contributed by atoms with Gasteiger partial charge in [0.05, 0.1) is 14.1 Å². The molecule has 0 N–H and O–H groups in total. The number of fused-ring (bicyclic) bond motifs is 4. The molecule has 482 valence electrons. The Balaban J connectivity index is 1.22. The standard InChI is InChI=1S/C94H93BN2/c1-60(2)66-43-46-76(81(53-66)61(3)4)71-56-86-88-87(57-71)97(90-79(64-35-25-19-26-36-64)41-30-42-80(90)65-37-27-20-28-38-65)85-48-45-68(70-51-74(93(11,12)13)59-75(52-70)94(14,15)16)55-83(85)95(88)82-54-67(69-49-72(91(5,6)7)58-73(50-69)92(8,9)10)44-47-84(82)96(86)89-77(62-31-21-17-22-32-62)39-29-40-78(89)63-33-23-18-24-34-63/h17-61H,1-16H3/i29D,30D. The van der Waals surface area contributed by atoms with Crippen LogP contribution >= 0.6 is 0 Å². The molecule has 0 fully saturated rings. The van der Waals surface area contributed by atoms with Crippen molar-refractivity contribution in [2.45, 2.75) is 144 Å². The van der Waals surface area contributed by atoms with E-state index in [9.17, 15) is 2.74 Å². The fraction of sp³-hybridized carbons (Fsp3) is 0.234. The first-order chi connectivity index (χ1) is 47.1. The molecule has 14 rings (SSSR count). The molecule has 0 atom stereocenters. The van der Waals surface area contributed by atoms with E-state index in [4.69, 9.17) is 0 Å². The zero-order valence-corrected chi connectivity index (χ0v) is 59.8. The van der Waals surface area contributed by atoms with Gasteiger partial charge < -0.3 is 9.80 Å². The van der Waals surface area contributed by atoms with Crippen molar-refractivity contribution in [1.82, 2.24) is 0 Å². The van der Waals surface area contributed by atoms with Gasteiger partial charge in [0, 0.05) is 45.0 Å². The van der Waals surface area contributed by atoms with E-state index >= 15 is 0 Å². The Bertz CT molecular complexity index is 4610. The quantitative estimate of drug-likeness (QED) is 0.119. The second-order valence-electron chi connectivity index (χ2n) is 32.1. The predicted molar refractivity (Wildman–Crippen MR) is 421 cm³/mol. The molecule has 0 saturated carbocycles. The normalized spacial score (nSPS) is 13.4. The molecule has 0 unspecified atom stereocenters. The highest BCUT2D eigenvalue weighted by molar-refractivity contribution is 7.00. The Hall–Kier alpha value is -9.70. The smallest absolute Gasteiger partial charge is 0.252 e. The van der Waals surface area contributed by atoms with Crippen molar-refractivity contribution >= 4 is 57.2 Å². The molecular formula is C94H93BN2. The minimum atomic E-state index is -0.318. The average molecular weight is 1260 g/mol. The number of rotatable bonds is 11. The maximum Gasteiger partial charge on any atom is 0.252 e. The first-order valence-corrected chi connectivity index (χ1v) is 35.1. The Kier molecular flexibility index (Phi) is 15.9. The molecule has 0 amide bonds. The summed E-state index contributed by atoms with van der Waals surface area (Å²) >= 11 is 0. The van der Waals surface area contributed by atoms with Crippen molar-refractivity contribution in [2.75, 3.05) is 9.80 Å². The summed E-state index contributed by atoms with van der Waals surface area (Å²) in [5.74, 6) is 0.539. The number of hydrogen-bond acceptors (Lipinski definition) is 2. The zero-order chi connectivity index (χ0) is 69.8. The molecule has 2 nitrogen and oxygen atoms in total. The van der Waals surface area contributed by atoms with Gasteiger partial charge in [-0.15, -0.1) is 0 Å². The van der Waals surface area contributed by atoms with Gasteiger partial charge in [-0.1, -0.05) is 347 Å². The molecule has 0 saturated heterocycles. The van der Waals surface area contributed by atoms with Crippen molar-refractivity contribution in [2.24, 2.45) is 0 Å². The summed E-state index contributed by atoms with van der Waals surface area (Å²) in [5.41, 5.74) is 32.3. The lowest BCUT2D eigenvalue weighted by atomic mass is 9.33. The monoisotopic (exact) mass is 1260 g/mol. The Morgan fingerprint density at radius 1 is 0.289 bits per heavy atom. The maximum absolute atomic E-state index is 9.83. The average Bonchev–Trinajstić information content (AvgIpc) is 0.687. The highest BCUT2D eigenvalue weighted by atomic mass is 15.2. The Morgan fingerprint density at radius 2 is 0.629 bits per heavy atom. The highest BCUT2D eigenvalue weighted by Crippen LogP contribution is 2.55. The molecule has 0 spiro atoms. The van der Waals surface area contributed by atoms with E-state index < -0.39 is 0 Å². The van der Waals surface area contributed by atoms with Crippen molar-refractivity contribution < 1.29 is 2.74 Å². The van der Waals surface area contributed by atoms with Crippen LogP contribution in [-0.4, -0.2) is 6.71 Å². The lowest BCUT2D eigenvalue weighted by molar-refractivity contribution is 0.568. The van der Waals surface area contributed by atoms with Crippen LogP contribution in [0.2, 0.25) is 0 Å². The summed E-state index contributed by atoms with van der Waals surface area (Å²) in [5, 5.41) is 0. The third-order valence-electron chi connectivity index (χ3n) is 20.5. The van der Waals surface area contributed by atoms with E-state index in [2.05, 4.69) is 369 Å². The molecule has 2 aliphatic rings. The maximum atomic E-state index is 9.83.